The van der Waals surface area contributed by atoms with Crippen molar-refractivity contribution < 1.29 is 9.09 Å². The molecule has 18 heavy (non-hydrogen) atoms. The fourth-order valence-electron chi connectivity index (χ4n) is 1.80. The second-order valence-electron chi connectivity index (χ2n) is 4.96. The van der Waals surface area contributed by atoms with E-state index in [4.69, 9.17) is 4.52 Å². The minimum Gasteiger partial charge on any atom is -0.317 e. The first-order valence-corrected chi connectivity index (χ1v) is 9.41. The predicted octanol–water partition coefficient (Wildman–Crippen LogP) is 4.82. The van der Waals surface area contributed by atoms with Crippen molar-refractivity contribution in [1.82, 2.24) is 5.09 Å². The number of unbranched alkanes of at least 4 members (excludes halogenated alkanes) is 2. The lowest BCUT2D eigenvalue weighted by atomic mass is 10.0. The van der Waals surface area contributed by atoms with E-state index in [1.165, 1.54) is 19.3 Å². The zero-order valence-corrected chi connectivity index (χ0v) is 13.6. The van der Waals surface area contributed by atoms with Crippen LogP contribution in [-0.4, -0.2) is 19.3 Å². The summed E-state index contributed by atoms with van der Waals surface area (Å²) in [5.41, 5.74) is 0. The first-order chi connectivity index (χ1) is 8.61. The van der Waals surface area contributed by atoms with Crippen LogP contribution in [0.4, 0.5) is 0 Å². The van der Waals surface area contributed by atoms with Gasteiger partial charge >= 0.3 is 0 Å². The van der Waals surface area contributed by atoms with Crippen molar-refractivity contribution in [3.8, 4) is 0 Å². The van der Waals surface area contributed by atoms with Crippen LogP contribution < -0.4 is 5.09 Å². The smallest absolute Gasteiger partial charge is 0.269 e. The SMILES string of the molecule is CCCCNP(=O)(CC)OCC(CC)CCCC. The van der Waals surface area contributed by atoms with E-state index in [2.05, 4.69) is 25.9 Å². The standard InChI is InChI=1S/C14H32NO2P/c1-5-9-11-14(7-3)13-17-18(16,8-4)15-12-10-6-2/h14H,5-13H2,1-4H3,(H,15,16). The maximum absolute atomic E-state index is 12.4. The van der Waals surface area contributed by atoms with Crippen molar-refractivity contribution >= 4 is 7.52 Å². The van der Waals surface area contributed by atoms with Crippen molar-refractivity contribution in [1.29, 1.82) is 0 Å². The van der Waals surface area contributed by atoms with Crippen LogP contribution >= 0.6 is 7.52 Å². The molecule has 0 bridgehead atoms. The highest BCUT2D eigenvalue weighted by Crippen LogP contribution is 2.42. The molecule has 0 amide bonds. The van der Waals surface area contributed by atoms with Gasteiger partial charge in [-0.15, -0.1) is 0 Å². The van der Waals surface area contributed by atoms with Crippen LogP contribution in [0.25, 0.3) is 0 Å². The van der Waals surface area contributed by atoms with Gasteiger partial charge in [-0.1, -0.05) is 53.4 Å². The zero-order valence-electron chi connectivity index (χ0n) is 12.7. The van der Waals surface area contributed by atoms with E-state index in [1.54, 1.807) is 0 Å². The molecule has 0 spiro atoms. The third-order valence-electron chi connectivity index (χ3n) is 3.36. The van der Waals surface area contributed by atoms with Gasteiger partial charge < -0.3 is 4.52 Å². The van der Waals surface area contributed by atoms with Crippen molar-refractivity contribution in [3.05, 3.63) is 0 Å². The Bertz CT molecular complexity index is 234. The molecule has 0 aliphatic heterocycles. The van der Waals surface area contributed by atoms with E-state index in [-0.39, 0.29) is 0 Å². The molecule has 0 radical (unpaired) electrons. The van der Waals surface area contributed by atoms with Gasteiger partial charge in [-0.05, 0) is 18.8 Å². The third kappa shape index (κ3) is 8.29. The molecular weight excluding hydrogens is 245 g/mol. The van der Waals surface area contributed by atoms with Gasteiger partial charge in [0.25, 0.3) is 7.52 Å². The van der Waals surface area contributed by atoms with Gasteiger partial charge in [-0.25, -0.2) is 5.09 Å². The van der Waals surface area contributed by atoms with Gasteiger partial charge in [0.15, 0.2) is 0 Å². The maximum atomic E-state index is 12.4. The van der Waals surface area contributed by atoms with Crippen molar-refractivity contribution in [2.75, 3.05) is 19.3 Å². The van der Waals surface area contributed by atoms with E-state index >= 15 is 0 Å². The molecule has 0 rings (SSSR count). The number of rotatable bonds is 12. The molecule has 0 saturated carbocycles. The monoisotopic (exact) mass is 277 g/mol. The first kappa shape index (κ1) is 18.1. The Labute approximate surface area is 114 Å². The lowest BCUT2D eigenvalue weighted by molar-refractivity contribution is 0.230. The fraction of sp³-hybridized carbons (Fsp3) is 1.00. The molecule has 0 aromatic heterocycles. The summed E-state index contributed by atoms with van der Waals surface area (Å²) in [6.07, 6.45) is 7.51. The molecular formula is C14H32NO2P. The van der Waals surface area contributed by atoms with E-state index in [0.29, 0.717) is 18.7 Å². The van der Waals surface area contributed by atoms with Crippen LogP contribution in [0.3, 0.4) is 0 Å². The topological polar surface area (TPSA) is 38.3 Å². The number of nitrogens with one attached hydrogen (secondary N) is 1. The molecule has 0 fully saturated rings. The minimum absolute atomic E-state index is 0.554. The Morgan fingerprint density at radius 3 is 2.28 bits per heavy atom. The van der Waals surface area contributed by atoms with Gasteiger partial charge in [-0.2, -0.15) is 0 Å². The van der Waals surface area contributed by atoms with Crippen molar-refractivity contribution in [2.45, 2.75) is 66.2 Å². The summed E-state index contributed by atoms with van der Waals surface area (Å²) in [4.78, 5) is 0. The molecule has 110 valence electrons. The highest BCUT2D eigenvalue weighted by Gasteiger charge is 2.21. The Kier molecular flexibility index (Phi) is 11.1. The lowest BCUT2D eigenvalue weighted by Gasteiger charge is -2.21. The predicted molar refractivity (Wildman–Crippen MR) is 80.3 cm³/mol. The van der Waals surface area contributed by atoms with E-state index < -0.39 is 7.52 Å². The zero-order chi connectivity index (χ0) is 13.9. The number of hydrogen-bond donors (Lipinski definition) is 1. The normalized spacial score (nSPS) is 16.4. The van der Waals surface area contributed by atoms with Crippen molar-refractivity contribution in [3.63, 3.8) is 0 Å². The molecule has 2 unspecified atom stereocenters. The summed E-state index contributed by atoms with van der Waals surface area (Å²) in [7, 11) is -2.58. The average Bonchev–Trinajstić information content (AvgIpc) is 2.39. The van der Waals surface area contributed by atoms with E-state index in [9.17, 15) is 4.57 Å². The fourth-order valence-corrected chi connectivity index (χ4v) is 3.25. The minimum atomic E-state index is -2.58. The van der Waals surface area contributed by atoms with Gasteiger partial charge in [-0.3, -0.25) is 4.57 Å². The summed E-state index contributed by atoms with van der Waals surface area (Å²) in [5.74, 6) is 0.554. The molecule has 1 N–H and O–H groups in total. The van der Waals surface area contributed by atoms with Crippen LogP contribution in [0.15, 0.2) is 0 Å². The second-order valence-corrected chi connectivity index (χ2v) is 7.52. The van der Waals surface area contributed by atoms with Crippen LogP contribution in [0.1, 0.15) is 66.2 Å². The van der Waals surface area contributed by atoms with Gasteiger partial charge in [0.1, 0.15) is 0 Å². The largest absolute Gasteiger partial charge is 0.317 e. The van der Waals surface area contributed by atoms with Crippen LogP contribution in [-0.2, 0) is 9.09 Å². The van der Waals surface area contributed by atoms with Crippen LogP contribution in [0, 0.1) is 5.92 Å². The quantitative estimate of drug-likeness (QED) is 0.410. The van der Waals surface area contributed by atoms with Gasteiger partial charge in [0.05, 0.1) is 6.61 Å². The second kappa shape index (κ2) is 11.0. The van der Waals surface area contributed by atoms with Crippen molar-refractivity contribution in [2.24, 2.45) is 5.92 Å². The summed E-state index contributed by atoms with van der Waals surface area (Å²) < 4.78 is 18.1. The maximum Gasteiger partial charge on any atom is 0.269 e. The Morgan fingerprint density at radius 2 is 1.78 bits per heavy atom. The third-order valence-corrected chi connectivity index (χ3v) is 5.47. The molecule has 0 aromatic rings. The Hall–Kier alpha value is 0.150. The molecule has 0 aliphatic rings. The molecule has 0 saturated heterocycles. The molecule has 0 aromatic carbocycles. The Balaban J connectivity index is 4.05. The molecule has 4 heteroatoms. The van der Waals surface area contributed by atoms with E-state index in [1.807, 2.05) is 6.92 Å². The van der Waals surface area contributed by atoms with Crippen LogP contribution in [0.2, 0.25) is 0 Å². The lowest BCUT2D eigenvalue weighted by Crippen LogP contribution is -2.18. The summed E-state index contributed by atoms with van der Waals surface area (Å²) in [6, 6.07) is 0. The summed E-state index contributed by atoms with van der Waals surface area (Å²) >= 11 is 0. The summed E-state index contributed by atoms with van der Waals surface area (Å²) in [6.45, 7) is 9.90. The molecule has 0 heterocycles. The number of hydrogen-bond acceptors (Lipinski definition) is 2. The molecule has 3 nitrogen and oxygen atoms in total. The van der Waals surface area contributed by atoms with Gasteiger partial charge in [0, 0.05) is 12.7 Å². The highest BCUT2D eigenvalue weighted by molar-refractivity contribution is 7.56. The van der Waals surface area contributed by atoms with Crippen LogP contribution in [0.5, 0.6) is 0 Å². The molecule has 2 atom stereocenters. The average molecular weight is 277 g/mol. The van der Waals surface area contributed by atoms with E-state index in [0.717, 1.165) is 25.8 Å². The first-order valence-electron chi connectivity index (χ1n) is 7.60. The van der Waals surface area contributed by atoms with Gasteiger partial charge in [0.2, 0.25) is 0 Å². The summed E-state index contributed by atoms with van der Waals surface area (Å²) in [5, 5.41) is 3.12. The molecule has 0 aliphatic carbocycles. The Morgan fingerprint density at radius 1 is 1.11 bits per heavy atom. The highest BCUT2D eigenvalue weighted by atomic mass is 31.2.